The number of aliphatic imine (C=N–C) groups is 1. The van der Waals surface area contributed by atoms with Gasteiger partial charge in [-0.1, -0.05) is 19.3 Å². The van der Waals surface area contributed by atoms with Crippen LogP contribution in [0.2, 0.25) is 0 Å². The van der Waals surface area contributed by atoms with Crippen LogP contribution in [-0.2, 0) is 9.53 Å². The van der Waals surface area contributed by atoms with Crippen LogP contribution in [0.4, 0.5) is 0 Å². The first-order chi connectivity index (χ1) is 8.77. The molecule has 2 fully saturated rings. The number of nitrogens with zero attached hydrogens (tertiary/aromatic N) is 2. The zero-order valence-corrected chi connectivity index (χ0v) is 10.9. The Balaban J connectivity index is 1.79. The number of ether oxygens (including phenoxy) is 1. The highest BCUT2D eigenvalue weighted by molar-refractivity contribution is 5.86. The summed E-state index contributed by atoms with van der Waals surface area (Å²) in [6.07, 6.45) is 6.02. The largest absolute Gasteiger partial charge is 0.387 e. The minimum Gasteiger partial charge on any atom is -0.387 e. The molecule has 0 aromatic heterocycles. The molecule has 2 rings (SSSR count). The van der Waals surface area contributed by atoms with Crippen LogP contribution < -0.4 is 5.73 Å². The van der Waals surface area contributed by atoms with Crippen LogP contribution in [0, 0.1) is 5.92 Å². The topological polar surface area (TPSA) is 67.9 Å². The van der Waals surface area contributed by atoms with Crippen LogP contribution in [0.5, 0.6) is 0 Å². The number of rotatable bonds is 3. The fraction of sp³-hybridized carbons (Fsp3) is 0.846. The minimum absolute atomic E-state index is 0.0667. The van der Waals surface area contributed by atoms with Crippen molar-refractivity contribution in [1.82, 2.24) is 4.90 Å². The van der Waals surface area contributed by atoms with Gasteiger partial charge >= 0.3 is 0 Å². The molecule has 102 valence electrons. The zero-order valence-electron chi connectivity index (χ0n) is 10.9. The van der Waals surface area contributed by atoms with Crippen molar-refractivity contribution in [2.75, 3.05) is 32.8 Å². The van der Waals surface area contributed by atoms with Gasteiger partial charge in [-0.05, 0) is 12.8 Å². The van der Waals surface area contributed by atoms with Crippen LogP contribution in [0.3, 0.4) is 0 Å². The summed E-state index contributed by atoms with van der Waals surface area (Å²) < 4.78 is 5.22. The van der Waals surface area contributed by atoms with Crippen molar-refractivity contribution in [2.45, 2.75) is 32.1 Å². The first kappa shape index (κ1) is 13.3. The molecule has 0 spiro atoms. The predicted octanol–water partition coefficient (Wildman–Crippen LogP) is 0.783. The molecule has 5 heteroatoms. The number of hydrogen-bond acceptors (Lipinski definition) is 3. The molecule has 0 aromatic carbocycles. The maximum atomic E-state index is 11.9. The Morgan fingerprint density at radius 2 is 1.89 bits per heavy atom. The van der Waals surface area contributed by atoms with Crippen molar-refractivity contribution in [3.8, 4) is 0 Å². The van der Waals surface area contributed by atoms with E-state index in [2.05, 4.69) is 4.99 Å². The molecule has 1 amide bonds. The average molecular weight is 253 g/mol. The Kier molecular flexibility index (Phi) is 4.99. The second-order valence-corrected chi connectivity index (χ2v) is 5.07. The molecule has 1 aliphatic heterocycles. The summed E-state index contributed by atoms with van der Waals surface area (Å²) in [5.41, 5.74) is 5.98. The molecule has 1 heterocycles. The second kappa shape index (κ2) is 6.73. The fourth-order valence-electron chi connectivity index (χ4n) is 2.60. The van der Waals surface area contributed by atoms with Crippen molar-refractivity contribution < 1.29 is 9.53 Å². The standard InChI is InChI=1S/C13H23N3O2/c14-13(11-4-2-1-3-5-11)15-10-12(17)16-6-8-18-9-7-16/h11H,1-10H2,(H2,14,15). The van der Waals surface area contributed by atoms with Crippen molar-refractivity contribution >= 4 is 11.7 Å². The molecule has 2 N–H and O–H groups in total. The van der Waals surface area contributed by atoms with Gasteiger partial charge in [0, 0.05) is 19.0 Å². The van der Waals surface area contributed by atoms with E-state index >= 15 is 0 Å². The van der Waals surface area contributed by atoms with Gasteiger partial charge in [-0.2, -0.15) is 0 Å². The third-order valence-corrected chi connectivity index (χ3v) is 3.78. The molecule has 2 aliphatic rings. The van der Waals surface area contributed by atoms with Gasteiger partial charge in [0.2, 0.25) is 5.91 Å². The van der Waals surface area contributed by atoms with Gasteiger partial charge in [-0.25, -0.2) is 0 Å². The number of hydrogen-bond donors (Lipinski definition) is 1. The fourth-order valence-corrected chi connectivity index (χ4v) is 2.60. The Morgan fingerprint density at radius 1 is 1.22 bits per heavy atom. The highest BCUT2D eigenvalue weighted by atomic mass is 16.5. The molecule has 1 saturated heterocycles. The van der Waals surface area contributed by atoms with Gasteiger partial charge in [-0.15, -0.1) is 0 Å². The van der Waals surface area contributed by atoms with Crippen LogP contribution in [0.1, 0.15) is 32.1 Å². The lowest BCUT2D eigenvalue weighted by Crippen LogP contribution is -2.42. The smallest absolute Gasteiger partial charge is 0.244 e. The number of carbonyl (C=O) groups is 1. The van der Waals surface area contributed by atoms with E-state index in [-0.39, 0.29) is 12.5 Å². The van der Waals surface area contributed by atoms with E-state index in [1.54, 1.807) is 4.90 Å². The summed E-state index contributed by atoms with van der Waals surface area (Å²) in [6.45, 7) is 2.82. The van der Waals surface area contributed by atoms with Crippen molar-refractivity contribution in [2.24, 2.45) is 16.6 Å². The predicted molar refractivity (Wildman–Crippen MR) is 70.5 cm³/mol. The average Bonchev–Trinajstić information content (AvgIpc) is 2.46. The highest BCUT2D eigenvalue weighted by Gasteiger charge is 2.19. The summed E-state index contributed by atoms with van der Waals surface area (Å²) >= 11 is 0. The van der Waals surface area contributed by atoms with Gasteiger partial charge < -0.3 is 15.4 Å². The summed E-state index contributed by atoms with van der Waals surface area (Å²) in [4.78, 5) is 18.0. The number of amides is 1. The summed E-state index contributed by atoms with van der Waals surface area (Å²) in [7, 11) is 0. The molecule has 1 saturated carbocycles. The molecule has 0 unspecified atom stereocenters. The Bertz CT molecular complexity index is 305. The molecule has 0 bridgehead atoms. The molecule has 18 heavy (non-hydrogen) atoms. The van der Waals surface area contributed by atoms with E-state index < -0.39 is 0 Å². The third kappa shape index (κ3) is 3.70. The second-order valence-electron chi connectivity index (χ2n) is 5.07. The van der Waals surface area contributed by atoms with Crippen LogP contribution in [-0.4, -0.2) is 49.5 Å². The molecular formula is C13H23N3O2. The third-order valence-electron chi connectivity index (χ3n) is 3.78. The number of carbonyl (C=O) groups excluding carboxylic acids is 1. The van der Waals surface area contributed by atoms with Crippen LogP contribution >= 0.6 is 0 Å². The van der Waals surface area contributed by atoms with E-state index in [0.29, 0.717) is 38.1 Å². The van der Waals surface area contributed by atoms with E-state index in [1.165, 1.54) is 19.3 Å². The minimum atomic E-state index is 0.0667. The molecule has 0 radical (unpaired) electrons. The van der Waals surface area contributed by atoms with E-state index in [9.17, 15) is 4.79 Å². The van der Waals surface area contributed by atoms with E-state index in [1.807, 2.05) is 0 Å². The number of morpholine rings is 1. The normalized spacial score (nSPS) is 23.1. The lowest BCUT2D eigenvalue weighted by molar-refractivity contribution is -0.133. The zero-order chi connectivity index (χ0) is 12.8. The van der Waals surface area contributed by atoms with Crippen LogP contribution in [0.15, 0.2) is 4.99 Å². The molecule has 5 nitrogen and oxygen atoms in total. The van der Waals surface area contributed by atoms with Crippen LogP contribution in [0.25, 0.3) is 0 Å². The van der Waals surface area contributed by atoms with Crippen molar-refractivity contribution in [3.63, 3.8) is 0 Å². The lowest BCUT2D eigenvalue weighted by Gasteiger charge is -2.26. The van der Waals surface area contributed by atoms with Gasteiger partial charge in [0.1, 0.15) is 6.54 Å². The van der Waals surface area contributed by atoms with Gasteiger partial charge in [0.15, 0.2) is 0 Å². The quantitative estimate of drug-likeness (QED) is 0.597. The van der Waals surface area contributed by atoms with E-state index in [0.717, 1.165) is 12.8 Å². The van der Waals surface area contributed by atoms with Gasteiger partial charge in [-0.3, -0.25) is 9.79 Å². The maximum Gasteiger partial charge on any atom is 0.244 e. The van der Waals surface area contributed by atoms with Gasteiger partial charge in [0.05, 0.1) is 19.0 Å². The van der Waals surface area contributed by atoms with Crippen molar-refractivity contribution in [1.29, 1.82) is 0 Å². The van der Waals surface area contributed by atoms with Crippen molar-refractivity contribution in [3.05, 3.63) is 0 Å². The Morgan fingerprint density at radius 3 is 2.56 bits per heavy atom. The molecule has 1 aliphatic carbocycles. The maximum absolute atomic E-state index is 11.9. The first-order valence-electron chi connectivity index (χ1n) is 6.92. The monoisotopic (exact) mass is 253 g/mol. The number of amidine groups is 1. The molecular weight excluding hydrogens is 230 g/mol. The Hall–Kier alpha value is -1.10. The molecule has 0 aromatic rings. The van der Waals surface area contributed by atoms with E-state index in [4.69, 9.17) is 10.5 Å². The summed E-state index contributed by atoms with van der Waals surface area (Å²) in [5.74, 6) is 1.14. The van der Waals surface area contributed by atoms with Gasteiger partial charge in [0.25, 0.3) is 0 Å². The number of nitrogens with two attached hydrogens (primary N) is 1. The summed E-state index contributed by atoms with van der Waals surface area (Å²) in [5, 5.41) is 0. The highest BCUT2D eigenvalue weighted by Crippen LogP contribution is 2.23. The summed E-state index contributed by atoms with van der Waals surface area (Å²) in [6, 6.07) is 0. The SMILES string of the molecule is NC(=NCC(=O)N1CCOCC1)C1CCCCC1. The lowest BCUT2D eigenvalue weighted by atomic mass is 9.88. The molecule has 0 atom stereocenters. The Labute approximate surface area is 108 Å². The first-order valence-corrected chi connectivity index (χ1v) is 6.92.